The molecule has 29 heavy (non-hydrogen) atoms. The molecule has 1 aromatic heterocycles. The largest absolute Gasteiger partial charge is 0.457 e. The van der Waals surface area contributed by atoms with Gasteiger partial charge in [0.2, 0.25) is 0 Å². The Bertz CT molecular complexity index is 1080. The number of H-pyrrole nitrogens is 1. The van der Waals surface area contributed by atoms with Crippen LogP contribution in [0.3, 0.4) is 0 Å². The van der Waals surface area contributed by atoms with Crippen molar-refractivity contribution in [1.82, 2.24) is 4.98 Å². The fourth-order valence-corrected chi connectivity index (χ4v) is 2.57. The van der Waals surface area contributed by atoms with Gasteiger partial charge in [-0.1, -0.05) is 11.6 Å². The lowest BCUT2D eigenvalue weighted by Crippen LogP contribution is -2.19. The molecule has 6 nitrogen and oxygen atoms in total. The number of hydrogen-bond donors (Lipinski definition) is 3. The molecule has 0 radical (unpaired) electrons. The summed E-state index contributed by atoms with van der Waals surface area (Å²) in [6, 6.07) is 11.4. The highest BCUT2D eigenvalue weighted by molar-refractivity contribution is 6.31. The fourth-order valence-electron chi connectivity index (χ4n) is 2.34. The van der Waals surface area contributed by atoms with Crippen molar-refractivity contribution in [1.29, 1.82) is 0 Å². The van der Waals surface area contributed by atoms with Gasteiger partial charge in [-0.3, -0.25) is 4.79 Å². The van der Waals surface area contributed by atoms with Crippen molar-refractivity contribution >= 4 is 29.0 Å². The van der Waals surface area contributed by atoms with Crippen molar-refractivity contribution in [2.75, 3.05) is 10.6 Å². The van der Waals surface area contributed by atoms with Crippen LogP contribution in [0.25, 0.3) is 0 Å². The van der Waals surface area contributed by atoms with Crippen LogP contribution < -0.4 is 20.9 Å². The van der Waals surface area contributed by atoms with Gasteiger partial charge < -0.3 is 20.4 Å². The van der Waals surface area contributed by atoms with Gasteiger partial charge in [0.05, 0.1) is 10.6 Å². The van der Waals surface area contributed by atoms with E-state index in [9.17, 15) is 22.8 Å². The number of aromatic nitrogens is 1. The molecule has 3 rings (SSSR count). The first kappa shape index (κ1) is 20.3. The maximum atomic E-state index is 12.9. The van der Waals surface area contributed by atoms with Crippen molar-refractivity contribution in [2.24, 2.45) is 0 Å². The standard InChI is InChI=1S/C19H13ClF3N3O3/c20-16-6-3-12(9-15(16)19(21,22)23)26-18(28)25-11-1-4-13(5-2-11)29-14-7-8-24-17(27)10-14/h1-10H,(H,24,27)(H2,25,26,28). The normalized spacial score (nSPS) is 11.0. The van der Waals surface area contributed by atoms with Gasteiger partial charge in [0, 0.05) is 23.6 Å². The zero-order valence-electron chi connectivity index (χ0n) is 14.5. The summed E-state index contributed by atoms with van der Waals surface area (Å²) < 4.78 is 44.2. The highest BCUT2D eigenvalue weighted by atomic mass is 35.5. The van der Waals surface area contributed by atoms with E-state index in [4.69, 9.17) is 16.3 Å². The van der Waals surface area contributed by atoms with Crippen molar-refractivity contribution in [3.63, 3.8) is 0 Å². The molecule has 0 bridgehead atoms. The van der Waals surface area contributed by atoms with Gasteiger partial charge in [-0.2, -0.15) is 13.2 Å². The number of rotatable bonds is 4. The highest BCUT2D eigenvalue weighted by Gasteiger charge is 2.33. The van der Waals surface area contributed by atoms with Crippen molar-refractivity contribution in [3.8, 4) is 11.5 Å². The Morgan fingerprint density at radius 1 is 0.931 bits per heavy atom. The van der Waals surface area contributed by atoms with Gasteiger partial charge in [0.1, 0.15) is 11.5 Å². The summed E-state index contributed by atoms with van der Waals surface area (Å²) in [5.41, 5.74) is -1.04. The van der Waals surface area contributed by atoms with Crippen LogP contribution in [0.5, 0.6) is 11.5 Å². The third-order valence-electron chi connectivity index (χ3n) is 3.62. The zero-order valence-corrected chi connectivity index (χ0v) is 15.3. The van der Waals surface area contributed by atoms with E-state index >= 15 is 0 Å². The number of halogens is 4. The van der Waals surface area contributed by atoms with Crippen molar-refractivity contribution in [2.45, 2.75) is 6.18 Å². The summed E-state index contributed by atoms with van der Waals surface area (Å²) in [6.45, 7) is 0. The van der Waals surface area contributed by atoms with Crippen LogP contribution in [-0.2, 0) is 6.18 Å². The molecule has 0 saturated heterocycles. The molecule has 0 fully saturated rings. The first-order valence-corrected chi connectivity index (χ1v) is 8.50. The number of urea groups is 1. The van der Waals surface area contributed by atoms with E-state index in [1.807, 2.05) is 0 Å². The summed E-state index contributed by atoms with van der Waals surface area (Å²) in [4.78, 5) is 25.7. The van der Waals surface area contributed by atoms with Crippen molar-refractivity contribution < 1.29 is 22.7 Å². The number of aromatic amines is 1. The minimum absolute atomic E-state index is 0.0616. The van der Waals surface area contributed by atoms with Crippen LogP contribution in [0.2, 0.25) is 5.02 Å². The molecular weight excluding hydrogens is 411 g/mol. The minimum Gasteiger partial charge on any atom is -0.457 e. The van der Waals surface area contributed by atoms with E-state index < -0.39 is 22.8 Å². The lowest BCUT2D eigenvalue weighted by atomic mass is 10.2. The van der Waals surface area contributed by atoms with Crippen LogP contribution in [0.4, 0.5) is 29.3 Å². The smallest absolute Gasteiger partial charge is 0.417 e. The van der Waals surface area contributed by atoms with E-state index in [0.717, 1.165) is 12.1 Å². The maximum absolute atomic E-state index is 12.9. The Morgan fingerprint density at radius 3 is 2.24 bits per heavy atom. The van der Waals surface area contributed by atoms with E-state index in [1.54, 1.807) is 18.2 Å². The summed E-state index contributed by atoms with van der Waals surface area (Å²) in [7, 11) is 0. The van der Waals surface area contributed by atoms with Crippen LogP contribution in [0.15, 0.2) is 65.6 Å². The van der Waals surface area contributed by atoms with Crippen molar-refractivity contribution in [3.05, 3.63) is 81.7 Å². The molecule has 3 aromatic rings. The Hall–Kier alpha value is -3.46. The van der Waals surface area contributed by atoms with E-state index in [2.05, 4.69) is 15.6 Å². The summed E-state index contributed by atoms with van der Waals surface area (Å²) in [6.07, 6.45) is -3.19. The van der Waals surface area contributed by atoms with E-state index in [1.165, 1.54) is 30.5 Å². The quantitative estimate of drug-likeness (QED) is 0.519. The molecule has 3 N–H and O–H groups in total. The van der Waals surface area contributed by atoms with E-state index in [0.29, 0.717) is 17.2 Å². The van der Waals surface area contributed by atoms with Gasteiger partial charge >= 0.3 is 12.2 Å². The predicted octanol–water partition coefficient (Wildman–Crippen LogP) is 5.48. The molecule has 2 amide bonds. The average Bonchev–Trinajstić information content (AvgIpc) is 2.64. The van der Waals surface area contributed by atoms with Gasteiger partial charge in [0.15, 0.2) is 0 Å². The topological polar surface area (TPSA) is 83.2 Å². The SMILES string of the molecule is O=C(Nc1ccc(Oc2cc[nH]c(=O)c2)cc1)Nc1ccc(Cl)c(C(F)(F)F)c1. The lowest BCUT2D eigenvalue weighted by Gasteiger charge is -2.12. The van der Waals surface area contributed by atoms with Gasteiger partial charge in [0.25, 0.3) is 5.56 Å². The molecule has 0 unspecified atom stereocenters. The van der Waals surface area contributed by atoms with Crippen LogP contribution in [0.1, 0.15) is 5.56 Å². The highest BCUT2D eigenvalue weighted by Crippen LogP contribution is 2.36. The van der Waals surface area contributed by atoms with Crippen LogP contribution in [0, 0.1) is 0 Å². The van der Waals surface area contributed by atoms with Gasteiger partial charge in [-0.25, -0.2) is 4.79 Å². The number of ether oxygens (including phenoxy) is 1. The first-order chi connectivity index (χ1) is 13.7. The number of carbonyl (C=O) groups excluding carboxylic acids is 1. The Kier molecular flexibility index (Phi) is 5.79. The number of alkyl halides is 3. The number of anilines is 2. The molecule has 0 aliphatic carbocycles. The molecule has 0 atom stereocenters. The second-order valence-electron chi connectivity index (χ2n) is 5.79. The maximum Gasteiger partial charge on any atom is 0.417 e. The number of carbonyl (C=O) groups is 1. The minimum atomic E-state index is -4.63. The molecule has 150 valence electrons. The first-order valence-electron chi connectivity index (χ1n) is 8.12. The average molecular weight is 424 g/mol. The molecule has 2 aromatic carbocycles. The number of nitrogens with one attached hydrogen (secondary N) is 3. The molecule has 10 heteroatoms. The third-order valence-corrected chi connectivity index (χ3v) is 3.95. The number of pyridine rings is 1. The van der Waals surface area contributed by atoms with Gasteiger partial charge in [-0.05, 0) is 48.5 Å². The fraction of sp³-hybridized carbons (Fsp3) is 0.0526. The number of benzene rings is 2. The molecular formula is C19H13ClF3N3O3. The monoisotopic (exact) mass is 423 g/mol. The molecule has 1 heterocycles. The Morgan fingerprint density at radius 2 is 1.59 bits per heavy atom. The second kappa shape index (κ2) is 8.27. The molecule has 0 aliphatic heterocycles. The van der Waals surface area contributed by atoms with Crippen LogP contribution >= 0.6 is 11.6 Å². The molecule has 0 saturated carbocycles. The summed E-state index contributed by atoms with van der Waals surface area (Å²) in [5.74, 6) is 0.768. The Balaban J connectivity index is 1.63. The number of hydrogen-bond acceptors (Lipinski definition) is 3. The van der Waals surface area contributed by atoms with E-state index in [-0.39, 0.29) is 11.2 Å². The number of amides is 2. The summed E-state index contributed by atoms with van der Waals surface area (Å²) >= 11 is 5.55. The second-order valence-corrected chi connectivity index (χ2v) is 6.19. The third kappa shape index (κ3) is 5.52. The molecule has 0 aliphatic rings. The predicted molar refractivity (Wildman–Crippen MR) is 103 cm³/mol. The summed E-state index contributed by atoms with van der Waals surface area (Å²) in [5, 5.41) is 4.34. The van der Waals surface area contributed by atoms with Crippen LogP contribution in [-0.4, -0.2) is 11.0 Å². The lowest BCUT2D eigenvalue weighted by molar-refractivity contribution is -0.137. The van der Waals surface area contributed by atoms with Gasteiger partial charge in [-0.15, -0.1) is 0 Å². The Labute approximate surface area is 167 Å². The zero-order chi connectivity index (χ0) is 21.0. The molecule has 0 spiro atoms.